The summed E-state index contributed by atoms with van der Waals surface area (Å²) in [5, 5.41) is 2.66. The molecule has 0 spiro atoms. The number of urea groups is 1. The van der Waals surface area contributed by atoms with Crippen molar-refractivity contribution in [3.05, 3.63) is 57.8 Å². The molecule has 0 saturated carbocycles. The fraction of sp³-hybridized carbons (Fsp3) is 0.263. The molecule has 0 unspecified atom stereocenters. The van der Waals surface area contributed by atoms with E-state index in [9.17, 15) is 14.0 Å². The summed E-state index contributed by atoms with van der Waals surface area (Å²) in [5.41, 5.74) is 3.53. The number of nitrogens with zero attached hydrogens (tertiary/aromatic N) is 2. The third-order valence-electron chi connectivity index (χ3n) is 4.34. The van der Waals surface area contributed by atoms with E-state index in [0.29, 0.717) is 13.0 Å². The first kappa shape index (κ1) is 18.2. The Morgan fingerprint density at radius 1 is 1.23 bits per heavy atom. The number of hydrogen-bond acceptors (Lipinski definition) is 2. The van der Waals surface area contributed by atoms with Gasteiger partial charge in [-0.3, -0.25) is 9.69 Å². The number of nitrogens with one attached hydrogen (secondary N) is 1. The maximum Gasteiger partial charge on any atom is 0.329 e. The van der Waals surface area contributed by atoms with Gasteiger partial charge in [-0.2, -0.15) is 0 Å². The lowest BCUT2D eigenvalue weighted by Gasteiger charge is -2.10. The molecule has 1 fully saturated rings. The number of hydrogen-bond donors (Lipinski definition) is 1. The molecule has 1 saturated heterocycles. The van der Waals surface area contributed by atoms with Gasteiger partial charge in [-0.25, -0.2) is 9.18 Å². The smallest absolute Gasteiger partial charge is 0.318 e. The largest absolute Gasteiger partial charge is 0.329 e. The van der Waals surface area contributed by atoms with E-state index in [4.69, 9.17) is 11.6 Å². The fourth-order valence-corrected chi connectivity index (χ4v) is 3.28. The third-order valence-corrected chi connectivity index (χ3v) is 4.63. The number of carbonyl (C=O) groups is 2. The van der Waals surface area contributed by atoms with Crippen molar-refractivity contribution in [2.45, 2.75) is 27.2 Å². The van der Waals surface area contributed by atoms with Crippen LogP contribution in [0.4, 0.5) is 9.18 Å². The van der Waals surface area contributed by atoms with E-state index in [1.807, 2.05) is 31.4 Å². The van der Waals surface area contributed by atoms with Crippen LogP contribution < -0.4 is 5.32 Å². The van der Waals surface area contributed by atoms with Gasteiger partial charge < -0.3 is 9.88 Å². The maximum atomic E-state index is 13.4. The van der Waals surface area contributed by atoms with Crippen molar-refractivity contribution in [3.8, 4) is 5.69 Å². The zero-order valence-electron chi connectivity index (χ0n) is 14.8. The Kier molecular flexibility index (Phi) is 4.87. The second-order valence-corrected chi connectivity index (χ2v) is 6.61. The molecule has 136 valence electrons. The normalized spacial score (nSPS) is 15.9. The van der Waals surface area contributed by atoms with Crippen LogP contribution in [0.1, 0.15) is 30.3 Å². The molecule has 0 atom stereocenters. The van der Waals surface area contributed by atoms with E-state index in [2.05, 4.69) is 5.32 Å². The van der Waals surface area contributed by atoms with Crippen molar-refractivity contribution in [2.75, 3.05) is 6.54 Å². The molecule has 1 aromatic carbocycles. The second kappa shape index (κ2) is 6.96. The van der Waals surface area contributed by atoms with Gasteiger partial charge in [-0.15, -0.1) is 0 Å². The zero-order chi connectivity index (χ0) is 19.0. The Morgan fingerprint density at radius 2 is 1.96 bits per heavy atom. The van der Waals surface area contributed by atoms with Crippen molar-refractivity contribution in [1.29, 1.82) is 0 Å². The molecular weight excluding hydrogens is 357 g/mol. The number of imide groups is 1. The highest BCUT2D eigenvalue weighted by Crippen LogP contribution is 2.26. The summed E-state index contributed by atoms with van der Waals surface area (Å²) in [6, 6.07) is 6.02. The fourth-order valence-electron chi connectivity index (χ4n) is 3.11. The van der Waals surface area contributed by atoms with Crippen molar-refractivity contribution >= 4 is 29.6 Å². The molecule has 7 heteroatoms. The van der Waals surface area contributed by atoms with E-state index >= 15 is 0 Å². The van der Waals surface area contributed by atoms with Gasteiger partial charge in [0.15, 0.2) is 0 Å². The number of halogens is 2. The minimum Gasteiger partial charge on any atom is -0.318 e. The highest BCUT2D eigenvalue weighted by atomic mass is 35.5. The topological polar surface area (TPSA) is 54.3 Å². The highest BCUT2D eigenvalue weighted by molar-refractivity contribution is 6.30. The number of rotatable bonds is 4. The molecule has 0 bridgehead atoms. The number of aromatic nitrogens is 1. The van der Waals surface area contributed by atoms with Crippen molar-refractivity contribution < 1.29 is 14.0 Å². The van der Waals surface area contributed by atoms with Crippen molar-refractivity contribution in [2.24, 2.45) is 0 Å². The monoisotopic (exact) mass is 375 g/mol. The summed E-state index contributed by atoms with van der Waals surface area (Å²) in [4.78, 5) is 25.5. The van der Waals surface area contributed by atoms with Crippen molar-refractivity contribution in [1.82, 2.24) is 14.8 Å². The summed E-state index contributed by atoms with van der Waals surface area (Å²) in [6.07, 6.45) is 2.37. The molecule has 1 aromatic heterocycles. The number of benzene rings is 1. The Balaban J connectivity index is 2.00. The quantitative estimate of drug-likeness (QED) is 0.643. The van der Waals surface area contributed by atoms with Gasteiger partial charge in [0.2, 0.25) is 0 Å². The lowest BCUT2D eigenvalue weighted by molar-refractivity contribution is -0.122. The molecule has 1 aliphatic rings. The summed E-state index contributed by atoms with van der Waals surface area (Å²) in [5.74, 6) is -0.804. The summed E-state index contributed by atoms with van der Waals surface area (Å²) in [7, 11) is 0. The van der Waals surface area contributed by atoms with Gasteiger partial charge in [0.25, 0.3) is 5.91 Å². The van der Waals surface area contributed by atoms with E-state index in [-0.39, 0.29) is 16.6 Å². The highest BCUT2D eigenvalue weighted by Gasteiger charge is 2.32. The molecule has 3 rings (SSSR count). The standard InChI is InChI=1S/C19H19ClFN3O2/c1-4-7-23-18(25)17(22-19(23)26)9-13-8-11(2)24(12(13)3)14-5-6-16(21)15(20)10-14/h5-6,8-10H,4,7H2,1-3H3,(H,22,26)/b17-9+. The van der Waals surface area contributed by atoms with Crippen LogP contribution in [0.25, 0.3) is 11.8 Å². The Morgan fingerprint density at radius 3 is 2.62 bits per heavy atom. The van der Waals surface area contributed by atoms with E-state index < -0.39 is 11.8 Å². The van der Waals surface area contributed by atoms with Gasteiger partial charge in [-0.05, 0) is 56.2 Å². The first-order chi connectivity index (χ1) is 12.3. The Hall–Kier alpha value is -2.60. The zero-order valence-corrected chi connectivity index (χ0v) is 15.5. The molecule has 5 nitrogen and oxygen atoms in total. The first-order valence-corrected chi connectivity index (χ1v) is 8.70. The Labute approximate surface area is 156 Å². The summed E-state index contributed by atoms with van der Waals surface area (Å²) in [6.45, 7) is 6.09. The van der Waals surface area contributed by atoms with Crippen LogP contribution in [0.2, 0.25) is 5.02 Å². The molecule has 1 aliphatic heterocycles. The minimum absolute atomic E-state index is 0.0448. The number of aryl methyl sites for hydroxylation is 1. The van der Waals surface area contributed by atoms with Gasteiger partial charge >= 0.3 is 6.03 Å². The van der Waals surface area contributed by atoms with Crippen LogP contribution in [0.3, 0.4) is 0 Å². The molecule has 2 heterocycles. The molecule has 0 aliphatic carbocycles. The lowest BCUT2D eigenvalue weighted by atomic mass is 10.2. The summed E-state index contributed by atoms with van der Waals surface area (Å²) >= 11 is 5.90. The number of carbonyl (C=O) groups excluding carboxylic acids is 2. The molecule has 1 N–H and O–H groups in total. The molecule has 0 radical (unpaired) electrons. The van der Waals surface area contributed by atoms with Crippen LogP contribution in [-0.4, -0.2) is 28.0 Å². The van der Waals surface area contributed by atoms with Crippen LogP contribution in [0, 0.1) is 19.7 Å². The van der Waals surface area contributed by atoms with Gasteiger partial charge in [0, 0.05) is 23.6 Å². The predicted octanol–water partition coefficient (Wildman–Crippen LogP) is 4.19. The third kappa shape index (κ3) is 3.12. The van der Waals surface area contributed by atoms with Crippen LogP contribution in [-0.2, 0) is 4.79 Å². The Bertz CT molecular complexity index is 933. The number of amides is 3. The predicted molar refractivity (Wildman–Crippen MR) is 98.7 cm³/mol. The average molecular weight is 376 g/mol. The van der Waals surface area contributed by atoms with E-state index in [0.717, 1.165) is 22.6 Å². The minimum atomic E-state index is -0.476. The van der Waals surface area contributed by atoms with Gasteiger partial charge in [0.05, 0.1) is 5.02 Å². The maximum absolute atomic E-state index is 13.4. The molecular formula is C19H19ClFN3O2. The van der Waals surface area contributed by atoms with E-state index in [1.54, 1.807) is 18.2 Å². The van der Waals surface area contributed by atoms with Gasteiger partial charge in [0.1, 0.15) is 11.5 Å². The SMILES string of the molecule is CCCN1C(=O)N/C(=C/c2cc(C)n(-c3ccc(F)c(Cl)c3)c2C)C1=O. The van der Waals surface area contributed by atoms with Crippen molar-refractivity contribution in [3.63, 3.8) is 0 Å². The lowest BCUT2D eigenvalue weighted by Crippen LogP contribution is -2.31. The van der Waals surface area contributed by atoms with Crippen LogP contribution >= 0.6 is 11.6 Å². The summed E-state index contributed by atoms with van der Waals surface area (Å²) < 4.78 is 15.4. The van der Waals surface area contributed by atoms with Crippen LogP contribution in [0.15, 0.2) is 30.0 Å². The second-order valence-electron chi connectivity index (χ2n) is 6.21. The van der Waals surface area contributed by atoms with E-state index in [1.165, 1.54) is 11.0 Å². The average Bonchev–Trinajstić information content (AvgIpc) is 3.01. The molecule has 2 aromatic rings. The molecule has 26 heavy (non-hydrogen) atoms. The van der Waals surface area contributed by atoms with Crippen LogP contribution in [0.5, 0.6) is 0 Å². The first-order valence-electron chi connectivity index (χ1n) is 8.32. The molecule has 3 amide bonds. The van der Waals surface area contributed by atoms with Gasteiger partial charge in [-0.1, -0.05) is 18.5 Å².